The topological polar surface area (TPSA) is 95.1 Å². The lowest BCUT2D eigenvalue weighted by molar-refractivity contribution is -0.115. The number of carbonyl (C=O) groups is 1. The van der Waals surface area contributed by atoms with Crippen LogP contribution in [0.15, 0.2) is 59.8 Å². The van der Waals surface area contributed by atoms with Gasteiger partial charge >= 0.3 is 0 Å². The highest BCUT2D eigenvalue weighted by molar-refractivity contribution is 5.95. The maximum absolute atomic E-state index is 12.3. The van der Waals surface area contributed by atoms with Gasteiger partial charge in [0, 0.05) is 11.3 Å². The Bertz CT molecular complexity index is 1100. The highest BCUT2D eigenvalue weighted by Crippen LogP contribution is 2.37. The lowest BCUT2D eigenvalue weighted by Crippen LogP contribution is -2.31. The zero-order valence-corrected chi connectivity index (χ0v) is 15.9. The van der Waals surface area contributed by atoms with E-state index in [1.807, 2.05) is 62.4 Å². The number of amides is 1. The number of benzene rings is 2. The number of carbonyl (C=O) groups excluding carboxylic acids is 1. The summed E-state index contributed by atoms with van der Waals surface area (Å²) in [5.41, 5.74) is 9.70. The molecule has 4 rings (SSSR count). The molecule has 2 heterocycles. The van der Waals surface area contributed by atoms with Gasteiger partial charge in [0.25, 0.3) is 0 Å². The number of allylic oxidation sites excluding steroid dienone is 1. The van der Waals surface area contributed by atoms with Gasteiger partial charge < -0.3 is 15.8 Å². The molecule has 2 aromatic carbocycles. The summed E-state index contributed by atoms with van der Waals surface area (Å²) in [7, 11) is 1.61. The molecule has 3 N–H and O–H groups in total. The van der Waals surface area contributed by atoms with Crippen LogP contribution in [0.2, 0.25) is 0 Å². The molecule has 0 radical (unpaired) electrons. The normalized spacial score (nSPS) is 15.8. The third-order valence-electron chi connectivity index (χ3n) is 4.80. The van der Waals surface area contributed by atoms with E-state index in [2.05, 4.69) is 10.3 Å². The predicted octanol–water partition coefficient (Wildman–Crippen LogP) is 3.04. The van der Waals surface area contributed by atoms with Gasteiger partial charge in [-0.2, -0.15) is 4.98 Å². The molecular formula is C21H21N5O2. The Hall–Kier alpha value is -3.61. The first kappa shape index (κ1) is 17.8. The van der Waals surface area contributed by atoms with Crippen molar-refractivity contribution in [3.63, 3.8) is 0 Å². The van der Waals surface area contributed by atoms with Gasteiger partial charge in [0.05, 0.1) is 12.7 Å². The summed E-state index contributed by atoms with van der Waals surface area (Å²) < 4.78 is 7.06. The van der Waals surface area contributed by atoms with E-state index in [0.717, 1.165) is 16.7 Å². The second-order valence-electron chi connectivity index (χ2n) is 6.78. The number of nitrogens with zero attached hydrogens (tertiary/aromatic N) is 3. The Labute approximate surface area is 162 Å². The van der Waals surface area contributed by atoms with E-state index in [9.17, 15) is 4.79 Å². The minimum Gasteiger partial charge on any atom is -0.497 e. The number of anilines is 1. The van der Waals surface area contributed by atoms with Crippen LogP contribution in [0.25, 0.3) is 11.4 Å². The molecule has 1 aliphatic heterocycles. The van der Waals surface area contributed by atoms with Crippen LogP contribution in [0.3, 0.4) is 0 Å². The lowest BCUT2D eigenvalue weighted by atomic mass is 9.95. The molecule has 1 aliphatic rings. The Kier molecular flexibility index (Phi) is 4.35. The van der Waals surface area contributed by atoms with Gasteiger partial charge in [-0.05, 0) is 37.6 Å². The summed E-state index contributed by atoms with van der Waals surface area (Å²) in [5, 5.41) is 7.86. The average Bonchev–Trinajstić information content (AvgIpc) is 3.10. The smallest absolute Gasteiger partial charge is 0.248 e. The van der Waals surface area contributed by atoms with Crippen molar-refractivity contribution >= 4 is 11.9 Å². The number of primary amides is 1. The lowest BCUT2D eigenvalue weighted by Gasteiger charge is -2.27. The molecule has 0 spiro atoms. The number of methoxy groups -OCH3 is 1. The minimum absolute atomic E-state index is 0.446. The van der Waals surface area contributed by atoms with E-state index < -0.39 is 11.9 Å². The number of fused-ring (bicyclic) bond motifs is 1. The number of aromatic nitrogens is 3. The van der Waals surface area contributed by atoms with Gasteiger partial charge in [-0.15, -0.1) is 5.10 Å². The van der Waals surface area contributed by atoms with Crippen molar-refractivity contribution in [2.45, 2.75) is 19.9 Å². The molecule has 0 saturated heterocycles. The number of hydrogen-bond donors (Lipinski definition) is 2. The van der Waals surface area contributed by atoms with Crippen LogP contribution in [0, 0.1) is 6.92 Å². The van der Waals surface area contributed by atoms with Crippen molar-refractivity contribution in [2.24, 2.45) is 5.73 Å². The van der Waals surface area contributed by atoms with Crippen LogP contribution in [-0.2, 0) is 4.79 Å². The fourth-order valence-electron chi connectivity index (χ4n) is 3.50. The first-order chi connectivity index (χ1) is 13.5. The van der Waals surface area contributed by atoms with Crippen molar-refractivity contribution in [1.29, 1.82) is 0 Å². The Balaban J connectivity index is 1.89. The largest absolute Gasteiger partial charge is 0.497 e. The van der Waals surface area contributed by atoms with Crippen molar-refractivity contribution in [1.82, 2.24) is 14.8 Å². The number of aryl methyl sites for hydroxylation is 1. The van der Waals surface area contributed by atoms with Gasteiger partial charge in [-0.25, -0.2) is 4.68 Å². The summed E-state index contributed by atoms with van der Waals surface area (Å²) in [6.07, 6.45) is 0. The average molecular weight is 375 g/mol. The molecular weight excluding hydrogens is 354 g/mol. The van der Waals surface area contributed by atoms with Crippen LogP contribution in [-0.4, -0.2) is 27.8 Å². The molecule has 7 nitrogen and oxygen atoms in total. The van der Waals surface area contributed by atoms with Gasteiger partial charge in [-0.1, -0.05) is 35.9 Å². The van der Waals surface area contributed by atoms with Crippen molar-refractivity contribution in [3.8, 4) is 17.1 Å². The van der Waals surface area contributed by atoms with Crippen molar-refractivity contribution in [2.75, 3.05) is 12.4 Å². The second kappa shape index (κ2) is 6.84. The molecule has 0 saturated carbocycles. The fourth-order valence-corrected chi connectivity index (χ4v) is 3.50. The van der Waals surface area contributed by atoms with Crippen LogP contribution in [0.4, 0.5) is 5.95 Å². The maximum atomic E-state index is 12.3. The zero-order chi connectivity index (χ0) is 19.8. The first-order valence-electron chi connectivity index (χ1n) is 8.93. The molecule has 7 heteroatoms. The van der Waals surface area contributed by atoms with Crippen molar-refractivity contribution in [3.05, 3.63) is 70.9 Å². The molecule has 142 valence electrons. The molecule has 0 bridgehead atoms. The molecule has 0 aliphatic carbocycles. The highest BCUT2D eigenvalue weighted by Gasteiger charge is 2.33. The zero-order valence-electron chi connectivity index (χ0n) is 15.9. The van der Waals surface area contributed by atoms with Gasteiger partial charge in [0.2, 0.25) is 11.9 Å². The predicted molar refractivity (Wildman–Crippen MR) is 107 cm³/mol. The van der Waals surface area contributed by atoms with Crippen LogP contribution >= 0.6 is 0 Å². The van der Waals surface area contributed by atoms with Gasteiger partial charge in [-0.3, -0.25) is 4.79 Å². The summed E-state index contributed by atoms with van der Waals surface area (Å²) in [6, 6.07) is 15.0. The van der Waals surface area contributed by atoms with Crippen LogP contribution in [0.5, 0.6) is 5.75 Å². The van der Waals surface area contributed by atoms with E-state index in [1.54, 1.807) is 11.8 Å². The Morgan fingerprint density at radius 3 is 2.68 bits per heavy atom. The van der Waals surface area contributed by atoms with E-state index >= 15 is 0 Å². The van der Waals surface area contributed by atoms with Gasteiger partial charge in [0.15, 0.2) is 5.82 Å². The molecule has 1 aromatic heterocycles. The van der Waals surface area contributed by atoms with E-state index in [-0.39, 0.29) is 0 Å². The standard InChI is InChI=1S/C21H21N5O2/c1-12-6-4-8-15(10-12)20-24-21-23-13(2)17(19(22)27)18(26(21)25-20)14-7-5-9-16(11-14)28-3/h4-11,18H,1-3H3,(H2,22,27)(H,23,24,25)/t18-/m0/s1. The SMILES string of the molecule is COc1cccc([C@H]2C(C(N)=O)=C(C)Nc3nc(-c4cccc(C)c4)nn32)c1. The molecule has 28 heavy (non-hydrogen) atoms. The monoisotopic (exact) mass is 375 g/mol. The molecule has 3 aromatic rings. The summed E-state index contributed by atoms with van der Waals surface area (Å²) in [4.78, 5) is 16.9. The molecule has 1 amide bonds. The number of ether oxygens (including phenoxy) is 1. The maximum Gasteiger partial charge on any atom is 0.248 e. The summed E-state index contributed by atoms with van der Waals surface area (Å²) in [5.74, 6) is 1.33. The van der Waals surface area contributed by atoms with Crippen molar-refractivity contribution < 1.29 is 9.53 Å². The Morgan fingerprint density at radius 1 is 1.18 bits per heavy atom. The quantitative estimate of drug-likeness (QED) is 0.731. The number of nitrogens with two attached hydrogens (primary N) is 1. The number of nitrogens with one attached hydrogen (secondary N) is 1. The van der Waals surface area contributed by atoms with E-state index in [1.165, 1.54) is 0 Å². The van der Waals surface area contributed by atoms with E-state index in [0.29, 0.717) is 28.8 Å². The number of rotatable bonds is 4. The fraction of sp³-hybridized carbons (Fsp3) is 0.190. The highest BCUT2D eigenvalue weighted by atomic mass is 16.5. The first-order valence-corrected chi connectivity index (χ1v) is 8.93. The third kappa shape index (κ3) is 3.00. The number of hydrogen-bond acceptors (Lipinski definition) is 5. The van der Waals surface area contributed by atoms with Gasteiger partial charge in [0.1, 0.15) is 11.8 Å². The van der Waals surface area contributed by atoms with E-state index in [4.69, 9.17) is 15.6 Å². The minimum atomic E-state index is -0.504. The van der Waals surface area contributed by atoms with Crippen LogP contribution < -0.4 is 15.8 Å². The van der Waals surface area contributed by atoms with Crippen LogP contribution in [0.1, 0.15) is 24.1 Å². The Morgan fingerprint density at radius 2 is 1.96 bits per heavy atom. The molecule has 0 fully saturated rings. The third-order valence-corrected chi connectivity index (χ3v) is 4.80. The summed E-state index contributed by atoms with van der Waals surface area (Å²) >= 11 is 0. The second-order valence-corrected chi connectivity index (χ2v) is 6.78. The summed E-state index contributed by atoms with van der Waals surface area (Å²) in [6.45, 7) is 3.84. The molecule has 1 atom stereocenters. The molecule has 0 unspecified atom stereocenters.